The first-order valence-corrected chi connectivity index (χ1v) is 6.74. The summed E-state index contributed by atoms with van der Waals surface area (Å²) >= 11 is 0. The molecule has 120 valence electrons. The predicted octanol–water partition coefficient (Wildman–Crippen LogP) is 3.17. The van der Waals surface area contributed by atoms with Crippen molar-refractivity contribution in [1.82, 2.24) is 0 Å². The van der Waals surface area contributed by atoms with Crippen LogP contribution in [0.5, 0.6) is 11.5 Å². The highest BCUT2D eigenvalue weighted by Crippen LogP contribution is 2.27. The molecule has 0 bridgehead atoms. The fourth-order valence-electron chi connectivity index (χ4n) is 2.09. The van der Waals surface area contributed by atoms with Gasteiger partial charge in [0.2, 0.25) is 0 Å². The second-order valence-corrected chi connectivity index (χ2v) is 4.76. The van der Waals surface area contributed by atoms with Crippen LogP contribution in [0.3, 0.4) is 0 Å². The van der Waals surface area contributed by atoms with Gasteiger partial charge in [-0.2, -0.15) is 0 Å². The van der Waals surface area contributed by atoms with Gasteiger partial charge in [-0.25, -0.2) is 0 Å². The molecule has 0 saturated carbocycles. The van der Waals surface area contributed by atoms with Crippen LogP contribution in [0.2, 0.25) is 0 Å². The molecule has 0 atom stereocenters. The fraction of sp³-hybridized carbons (Fsp3) is 0.188. The molecule has 1 N–H and O–H groups in total. The van der Waals surface area contributed by atoms with E-state index in [0.29, 0.717) is 28.3 Å². The lowest BCUT2D eigenvalue weighted by Gasteiger charge is -2.11. The van der Waals surface area contributed by atoms with Gasteiger partial charge < -0.3 is 14.8 Å². The van der Waals surface area contributed by atoms with Gasteiger partial charge in [0.05, 0.1) is 30.4 Å². The van der Waals surface area contributed by atoms with Gasteiger partial charge in [-0.3, -0.25) is 14.9 Å². The number of nitrogens with one attached hydrogen (secondary N) is 1. The quantitative estimate of drug-likeness (QED) is 0.676. The number of amides is 1. The summed E-state index contributed by atoms with van der Waals surface area (Å²) in [4.78, 5) is 22.9. The van der Waals surface area contributed by atoms with E-state index in [1.807, 2.05) is 0 Å². The van der Waals surface area contributed by atoms with Gasteiger partial charge in [-0.05, 0) is 25.1 Å². The zero-order chi connectivity index (χ0) is 17.0. The highest BCUT2D eigenvalue weighted by atomic mass is 16.6. The molecule has 0 heterocycles. The molecule has 0 aromatic heterocycles. The maximum Gasteiger partial charge on any atom is 0.274 e. The number of rotatable bonds is 5. The normalized spacial score (nSPS) is 10.0. The Hall–Kier alpha value is -3.09. The average molecular weight is 316 g/mol. The molecular formula is C16H16N2O5. The minimum atomic E-state index is -0.487. The molecule has 0 spiro atoms. The zero-order valence-corrected chi connectivity index (χ0v) is 13.0. The maximum absolute atomic E-state index is 12.4. The number of carbonyl (C=O) groups is 1. The van der Waals surface area contributed by atoms with Crippen molar-refractivity contribution in [2.45, 2.75) is 6.92 Å². The smallest absolute Gasteiger partial charge is 0.274 e. The predicted molar refractivity (Wildman–Crippen MR) is 85.3 cm³/mol. The average Bonchev–Trinajstić information content (AvgIpc) is 2.55. The molecular weight excluding hydrogens is 300 g/mol. The van der Waals surface area contributed by atoms with E-state index in [4.69, 9.17) is 9.47 Å². The van der Waals surface area contributed by atoms with Crippen molar-refractivity contribution >= 4 is 17.3 Å². The Kier molecular flexibility index (Phi) is 4.80. The van der Waals surface area contributed by atoms with E-state index in [2.05, 4.69) is 5.32 Å². The fourth-order valence-corrected chi connectivity index (χ4v) is 2.09. The second-order valence-electron chi connectivity index (χ2n) is 4.76. The largest absolute Gasteiger partial charge is 0.497 e. The third-order valence-corrected chi connectivity index (χ3v) is 3.36. The van der Waals surface area contributed by atoms with E-state index in [0.717, 1.165) is 0 Å². The molecule has 23 heavy (non-hydrogen) atoms. The molecule has 0 saturated heterocycles. The highest BCUT2D eigenvalue weighted by Gasteiger charge is 2.16. The van der Waals surface area contributed by atoms with Gasteiger partial charge in [0, 0.05) is 17.7 Å². The number of carbonyl (C=O) groups excluding carboxylic acids is 1. The van der Waals surface area contributed by atoms with Crippen molar-refractivity contribution < 1.29 is 19.2 Å². The topological polar surface area (TPSA) is 90.7 Å². The lowest BCUT2D eigenvalue weighted by atomic mass is 10.1. The number of methoxy groups -OCH3 is 2. The van der Waals surface area contributed by atoms with Crippen molar-refractivity contribution in [2.24, 2.45) is 0 Å². The van der Waals surface area contributed by atoms with Crippen molar-refractivity contribution in [2.75, 3.05) is 19.5 Å². The molecule has 0 aliphatic heterocycles. The van der Waals surface area contributed by atoms with Gasteiger partial charge in [-0.15, -0.1) is 0 Å². The van der Waals surface area contributed by atoms with Gasteiger partial charge >= 0.3 is 0 Å². The Morgan fingerprint density at radius 2 is 1.74 bits per heavy atom. The van der Waals surface area contributed by atoms with Crippen LogP contribution in [-0.2, 0) is 0 Å². The molecule has 0 unspecified atom stereocenters. The van der Waals surface area contributed by atoms with Crippen LogP contribution in [0, 0.1) is 17.0 Å². The SMILES string of the molecule is COc1cc(OC)cc(C(=O)Nc2cccc([N+](=O)[O-])c2C)c1. The van der Waals surface area contributed by atoms with Crippen LogP contribution in [0.1, 0.15) is 15.9 Å². The number of hydrogen-bond donors (Lipinski definition) is 1. The summed E-state index contributed by atoms with van der Waals surface area (Å²) in [6, 6.07) is 9.29. The van der Waals surface area contributed by atoms with Crippen molar-refractivity contribution in [1.29, 1.82) is 0 Å². The molecule has 2 aromatic carbocycles. The van der Waals surface area contributed by atoms with Gasteiger partial charge in [0.25, 0.3) is 11.6 Å². The lowest BCUT2D eigenvalue weighted by Crippen LogP contribution is -2.13. The van der Waals surface area contributed by atoms with Crippen molar-refractivity contribution in [3.05, 3.63) is 57.6 Å². The summed E-state index contributed by atoms with van der Waals surface area (Å²) in [5, 5.41) is 13.6. The molecule has 1 amide bonds. The Balaban J connectivity index is 2.33. The molecule has 0 fully saturated rings. The van der Waals surface area contributed by atoms with Gasteiger partial charge in [0.15, 0.2) is 0 Å². The summed E-state index contributed by atoms with van der Waals surface area (Å²) in [6.07, 6.45) is 0. The van der Waals surface area contributed by atoms with Gasteiger partial charge in [0.1, 0.15) is 11.5 Å². The Bertz CT molecular complexity index is 736. The molecule has 7 heteroatoms. The number of nitro benzene ring substituents is 1. The number of ether oxygens (including phenoxy) is 2. The van der Waals surface area contributed by atoms with E-state index >= 15 is 0 Å². The van der Waals surface area contributed by atoms with E-state index in [9.17, 15) is 14.9 Å². The number of anilines is 1. The maximum atomic E-state index is 12.4. The van der Waals surface area contributed by atoms with Gasteiger partial charge in [-0.1, -0.05) is 6.07 Å². The van der Waals surface area contributed by atoms with E-state index < -0.39 is 10.8 Å². The zero-order valence-electron chi connectivity index (χ0n) is 13.0. The standard InChI is InChI=1S/C16H16N2O5/c1-10-14(5-4-6-15(10)18(20)21)17-16(19)11-7-12(22-2)9-13(8-11)23-3/h4-9H,1-3H3,(H,17,19). The summed E-state index contributed by atoms with van der Waals surface area (Å²) in [5.41, 5.74) is 1.05. The highest BCUT2D eigenvalue weighted by molar-refractivity contribution is 6.05. The Labute approximate surface area is 133 Å². The monoisotopic (exact) mass is 316 g/mol. The number of nitro groups is 1. The van der Waals surface area contributed by atoms with Crippen molar-refractivity contribution in [3.8, 4) is 11.5 Å². The minimum absolute atomic E-state index is 0.0500. The van der Waals surface area contributed by atoms with E-state index in [1.165, 1.54) is 26.4 Å². The minimum Gasteiger partial charge on any atom is -0.497 e. The summed E-state index contributed by atoms with van der Waals surface area (Å²) in [7, 11) is 2.97. The molecule has 0 radical (unpaired) electrons. The van der Waals surface area contributed by atoms with Crippen LogP contribution in [0.15, 0.2) is 36.4 Å². The number of hydrogen-bond acceptors (Lipinski definition) is 5. The van der Waals surface area contributed by atoms with E-state index in [-0.39, 0.29) is 5.69 Å². The summed E-state index contributed by atoms with van der Waals surface area (Å²) < 4.78 is 10.2. The third kappa shape index (κ3) is 3.57. The molecule has 7 nitrogen and oxygen atoms in total. The van der Waals surface area contributed by atoms with E-state index in [1.54, 1.807) is 31.2 Å². The van der Waals surface area contributed by atoms with Crippen LogP contribution < -0.4 is 14.8 Å². The summed E-state index contributed by atoms with van der Waals surface area (Å²) in [5.74, 6) is 0.543. The molecule has 2 rings (SSSR count). The Morgan fingerprint density at radius 3 is 2.26 bits per heavy atom. The number of nitrogens with zero attached hydrogens (tertiary/aromatic N) is 1. The lowest BCUT2D eigenvalue weighted by molar-refractivity contribution is -0.385. The van der Waals surface area contributed by atoms with Crippen LogP contribution in [0.25, 0.3) is 0 Å². The first kappa shape index (κ1) is 16.3. The molecule has 0 aliphatic rings. The Morgan fingerprint density at radius 1 is 1.13 bits per heavy atom. The first-order chi connectivity index (χ1) is 11.0. The number of benzene rings is 2. The van der Waals surface area contributed by atoms with Crippen LogP contribution >= 0.6 is 0 Å². The first-order valence-electron chi connectivity index (χ1n) is 6.74. The van der Waals surface area contributed by atoms with Crippen molar-refractivity contribution in [3.63, 3.8) is 0 Å². The second kappa shape index (κ2) is 6.78. The molecule has 0 aliphatic carbocycles. The molecule has 2 aromatic rings. The summed E-state index contributed by atoms with van der Waals surface area (Å²) in [6.45, 7) is 1.58. The van der Waals surface area contributed by atoms with Crippen LogP contribution in [-0.4, -0.2) is 25.1 Å². The van der Waals surface area contributed by atoms with Crippen LogP contribution in [0.4, 0.5) is 11.4 Å². The third-order valence-electron chi connectivity index (χ3n) is 3.36.